The second kappa shape index (κ2) is 7.26. The number of fused-ring (bicyclic) bond motifs is 2. The van der Waals surface area contributed by atoms with Crippen LogP contribution in [0.1, 0.15) is 22.3 Å². The van der Waals surface area contributed by atoms with Crippen molar-refractivity contribution in [2.75, 3.05) is 19.8 Å². The molecule has 0 atom stereocenters. The molecular weight excluding hydrogens is 398 g/mol. The monoisotopic (exact) mass is 414 g/mol. The average molecular weight is 416 g/mol. The Labute approximate surface area is 168 Å². The molecule has 2 aromatic rings. The van der Waals surface area contributed by atoms with Crippen LogP contribution in [-0.2, 0) is 25.9 Å². The van der Waals surface area contributed by atoms with Gasteiger partial charge in [0.2, 0.25) is 0 Å². The Morgan fingerprint density at radius 3 is 1.56 bits per heavy atom. The summed E-state index contributed by atoms with van der Waals surface area (Å²) in [5.41, 5.74) is 4.97. The highest BCUT2D eigenvalue weighted by Gasteiger charge is 2.24. The van der Waals surface area contributed by atoms with E-state index >= 15 is 0 Å². The van der Waals surface area contributed by atoms with Crippen molar-refractivity contribution in [1.29, 1.82) is 0 Å². The summed E-state index contributed by atoms with van der Waals surface area (Å²) in [6, 6.07) is 7.76. The van der Waals surface area contributed by atoms with Crippen molar-refractivity contribution in [2.45, 2.75) is 25.9 Å². The van der Waals surface area contributed by atoms with Gasteiger partial charge in [-0.15, -0.1) is 0 Å². The molecule has 0 saturated carbocycles. The van der Waals surface area contributed by atoms with Gasteiger partial charge in [-0.1, -0.05) is 46.4 Å². The first kappa shape index (κ1) is 17.9. The molecule has 132 valence electrons. The second-order valence-electron chi connectivity index (χ2n) is 6.80. The highest BCUT2D eigenvalue weighted by molar-refractivity contribution is 6.35. The van der Waals surface area contributed by atoms with E-state index in [-0.39, 0.29) is 0 Å². The molecule has 0 bridgehead atoms. The lowest BCUT2D eigenvalue weighted by Gasteiger charge is -2.36. The van der Waals surface area contributed by atoms with Crippen LogP contribution >= 0.6 is 46.4 Å². The highest BCUT2D eigenvalue weighted by atomic mass is 35.5. The molecule has 2 aromatic carbocycles. The predicted octanol–water partition coefficient (Wildman–Crippen LogP) is 5.67. The summed E-state index contributed by atoms with van der Waals surface area (Å²) in [7, 11) is 0. The van der Waals surface area contributed by atoms with Crippen LogP contribution in [0.3, 0.4) is 0 Å². The predicted molar refractivity (Wildman–Crippen MR) is 106 cm³/mol. The van der Waals surface area contributed by atoms with Gasteiger partial charge in [0.25, 0.3) is 0 Å². The average Bonchev–Trinajstić information content (AvgIpc) is 2.53. The van der Waals surface area contributed by atoms with Crippen molar-refractivity contribution in [3.63, 3.8) is 0 Å². The summed E-state index contributed by atoms with van der Waals surface area (Å²) in [4.78, 5) is 4.90. The summed E-state index contributed by atoms with van der Waals surface area (Å²) in [5.74, 6) is 0. The van der Waals surface area contributed by atoms with Gasteiger partial charge in [-0.25, -0.2) is 0 Å². The largest absolute Gasteiger partial charge is 0.286 e. The van der Waals surface area contributed by atoms with Gasteiger partial charge in [-0.05, 0) is 59.4 Å². The van der Waals surface area contributed by atoms with Crippen LogP contribution in [0.4, 0.5) is 0 Å². The van der Waals surface area contributed by atoms with Crippen LogP contribution in [0.5, 0.6) is 0 Å². The van der Waals surface area contributed by atoms with E-state index < -0.39 is 0 Å². The lowest BCUT2D eigenvalue weighted by atomic mass is 9.99. The maximum atomic E-state index is 6.33. The van der Waals surface area contributed by atoms with Crippen LogP contribution in [0, 0.1) is 0 Å². The third-order valence-corrected chi connectivity index (χ3v) is 6.16. The molecule has 0 aliphatic carbocycles. The SMILES string of the molecule is Clc1cc(Cl)c2c(c1)CN(CN1CCc3c(Cl)cc(Cl)cc3C1)CC2. The fourth-order valence-electron chi connectivity index (χ4n) is 3.86. The van der Waals surface area contributed by atoms with Gasteiger partial charge in [0.15, 0.2) is 0 Å². The Morgan fingerprint density at radius 1 is 0.680 bits per heavy atom. The van der Waals surface area contributed by atoms with E-state index in [2.05, 4.69) is 9.80 Å². The molecule has 2 heterocycles. The van der Waals surface area contributed by atoms with Crippen LogP contribution in [0.25, 0.3) is 0 Å². The van der Waals surface area contributed by atoms with Crippen molar-refractivity contribution in [3.8, 4) is 0 Å². The molecule has 0 N–H and O–H groups in total. The fourth-order valence-corrected chi connectivity index (χ4v) is 5.12. The topological polar surface area (TPSA) is 6.48 Å². The van der Waals surface area contributed by atoms with Crippen molar-refractivity contribution in [3.05, 3.63) is 66.6 Å². The van der Waals surface area contributed by atoms with Gasteiger partial charge >= 0.3 is 0 Å². The molecule has 0 aromatic heterocycles. The summed E-state index contributed by atoms with van der Waals surface area (Å²) in [6.07, 6.45) is 1.93. The van der Waals surface area contributed by atoms with E-state index in [9.17, 15) is 0 Å². The number of rotatable bonds is 2. The molecule has 25 heavy (non-hydrogen) atoms. The molecule has 0 amide bonds. The van der Waals surface area contributed by atoms with E-state index in [1.807, 2.05) is 24.3 Å². The Balaban J connectivity index is 1.47. The minimum Gasteiger partial charge on any atom is -0.286 e. The Kier molecular flexibility index (Phi) is 5.20. The van der Waals surface area contributed by atoms with E-state index in [0.717, 1.165) is 55.7 Å². The normalized spacial score (nSPS) is 18.1. The van der Waals surface area contributed by atoms with Crippen LogP contribution in [0.15, 0.2) is 24.3 Å². The first-order valence-electron chi connectivity index (χ1n) is 8.38. The summed E-state index contributed by atoms with van der Waals surface area (Å²) in [5, 5.41) is 3.00. The number of halogens is 4. The number of hydrogen-bond donors (Lipinski definition) is 0. The highest BCUT2D eigenvalue weighted by Crippen LogP contribution is 2.32. The van der Waals surface area contributed by atoms with Crippen molar-refractivity contribution in [1.82, 2.24) is 9.80 Å². The zero-order valence-electron chi connectivity index (χ0n) is 13.7. The lowest BCUT2D eigenvalue weighted by Crippen LogP contribution is -2.42. The van der Waals surface area contributed by atoms with Gasteiger partial charge in [-0.2, -0.15) is 0 Å². The maximum Gasteiger partial charge on any atom is 0.0513 e. The van der Waals surface area contributed by atoms with Gasteiger partial charge < -0.3 is 0 Å². The standard InChI is InChI=1S/C19H18Cl4N2/c20-14-5-12-9-24(3-1-16(12)18(22)7-14)11-25-4-2-17-13(10-25)6-15(21)8-19(17)23/h5-8H,1-4,9-11H2. The van der Waals surface area contributed by atoms with Crippen LogP contribution < -0.4 is 0 Å². The zero-order chi connectivity index (χ0) is 17.6. The summed E-state index contributed by atoms with van der Waals surface area (Å²) < 4.78 is 0. The van der Waals surface area contributed by atoms with E-state index in [1.54, 1.807) is 0 Å². The van der Waals surface area contributed by atoms with Crippen LogP contribution in [0.2, 0.25) is 20.1 Å². The maximum absolute atomic E-state index is 6.33. The van der Waals surface area contributed by atoms with Gasteiger partial charge in [-0.3, -0.25) is 9.80 Å². The van der Waals surface area contributed by atoms with E-state index in [4.69, 9.17) is 46.4 Å². The first-order chi connectivity index (χ1) is 12.0. The minimum absolute atomic E-state index is 0.710. The van der Waals surface area contributed by atoms with Crippen molar-refractivity contribution in [2.24, 2.45) is 0 Å². The molecule has 2 nitrogen and oxygen atoms in total. The molecule has 0 fully saturated rings. The Bertz CT molecular complexity index is 754. The zero-order valence-corrected chi connectivity index (χ0v) is 16.7. The molecule has 0 spiro atoms. The number of hydrogen-bond acceptors (Lipinski definition) is 2. The number of nitrogens with zero attached hydrogens (tertiary/aromatic N) is 2. The van der Waals surface area contributed by atoms with E-state index in [1.165, 1.54) is 22.3 Å². The fraction of sp³-hybridized carbons (Fsp3) is 0.368. The molecule has 2 aliphatic heterocycles. The smallest absolute Gasteiger partial charge is 0.0513 e. The third kappa shape index (κ3) is 3.80. The van der Waals surface area contributed by atoms with Gasteiger partial charge in [0.05, 0.1) is 6.67 Å². The van der Waals surface area contributed by atoms with Crippen molar-refractivity contribution >= 4 is 46.4 Å². The second-order valence-corrected chi connectivity index (χ2v) is 8.48. The van der Waals surface area contributed by atoms with Gasteiger partial charge in [0, 0.05) is 46.3 Å². The first-order valence-corrected chi connectivity index (χ1v) is 9.89. The molecule has 2 aliphatic rings. The molecule has 0 saturated heterocycles. The summed E-state index contributed by atoms with van der Waals surface area (Å²) >= 11 is 25.0. The van der Waals surface area contributed by atoms with Crippen LogP contribution in [-0.4, -0.2) is 29.6 Å². The minimum atomic E-state index is 0.710. The number of benzene rings is 2. The van der Waals surface area contributed by atoms with E-state index in [0.29, 0.717) is 10.0 Å². The van der Waals surface area contributed by atoms with Crippen molar-refractivity contribution < 1.29 is 0 Å². The molecule has 4 rings (SSSR count). The molecule has 0 unspecified atom stereocenters. The third-order valence-electron chi connectivity index (χ3n) is 5.05. The molecular formula is C19H18Cl4N2. The lowest BCUT2D eigenvalue weighted by molar-refractivity contribution is 0.110. The summed E-state index contributed by atoms with van der Waals surface area (Å²) in [6.45, 7) is 4.71. The molecule has 0 radical (unpaired) electrons. The molecule has 6 heteroatoms. The Morgan fingerprint density at radius 2 is 1.12 bits per heavy atom. The Hall–Kier alpha value is -0.480. The quantitative estimate of drug-likeness (QED) is 0.622. The van der Waals surface area contributed by atoms with Gasteiger partial charge in [0.1, 0.15) is 0 Å².